The summed E-state index contributed by atoms with van der Waals surface area (Å²) in [5.41, 5.74) is 0.338. The molecule has 5 nitrogen and oxygen atoms in total. The number of ketones is 1. The number of aromatic nitrogens is 3. The fourth-order valence-corrected chi connectivity index (χ4v) is 4.50. The maximum Gasteiger partial charge on any atom is 0.191 e. The standard InChI is InChI=1S/C19H24FN3O2S/c1-12-5-4-6-15(9-12)23-13(2)21-22-19(23)26-11-17(24)14-7-8-18(25-3)16(20)10-14/h7-8,10,12,15H,4-6,9,11H2,1-3H3. The first kappa shape index (κ1) is 18.9. The summed E-state index contributed by atoms with van der Waals surface area (Å²) in [6.45, 7) is 4.23. The molecule has 2 atom stereocenters. The van der Waals surface area contributed by atoms with Gasteiger partial charge >= 0.3 is 0 Å². The lowest BCUT2D eigenvalue weighted by atomic mass is 9.87. The number of rotatable bonds is 6. The van der Waals surface area contributed by atoms with Gasteiger partial charge in [0.1, 0.15) is 5.82 Å². The van der Waals surface area contributed by atoms with Gasteiger partial charge in [-0.15, -0.1) is 10.2 Å². The second kappa shape index (κ2) is 8.20. The van der Waals surface area contributed by atoms with E-state index in [1.165, 1.54) is 43.8 Å². The molecule has 7 heteroatoms. The van der Waals surface area contributed by atoms with Crippen molar-refractivity contribution in [3.63, 3.8) is 0 Å². The van der Waals surface area contributed by atoms with Crippen molar-refractivity contribution in [3.8, 4) is 5.75 Å². The van der Waals surface area contributed by atoms with Gasteiger partial charge in [0.2, 0.25) is 0 Å². The summed E-state index contributed by atoms with van der Waals surface area (Å²) in [5, 5.41) is 9.23. The Hall–Kier alpha value is -1.89. The number of carbonyl (C=O) groups excluding carboxylic acids is 1. The molecule has 0 spiro atoms. The zero-order valence-corrected chi connectivity index (χ0v) is 16.2. The fraction of sp³-hybridized carbons (Fsp3) is 0.526. The topological polar surface area (TPSA) is 57.0 Å². The number of halogens is 1. The number of nitrogens with zero attached hydrogens (tertiary/aromatic N) is 3. The molecule has 1 fully saturated rings. The van der Waals surface area contributed by atoms with Crippen molar-refractivity contribution in [2.45, 2.75) is 50.7 Å². The van der Waals surface area contributed by atoms with Crippen LogP contribution < -0.4 is 4.74 Å². The van der Waals surface area contributed by atoms with Gasteiger partial charge in [0.15, 0.2) is 22.5 Å². The van der Waals surface area contributed by atoms with E-state index in [2.05, 4.69) is 21.7 Å². The molecule has 0 amide bonds. The Morgan fingerprint density at radius 1 is 1.38 bits per heavy atom. The van der Waals surface area contributed by atoms with E-state index in [-0.39, 0.29) is 17.3 Å². The van der Waals surface area contributed by atoms with E-state index in [0.29, 0.717) is 17.5 Å². The van der Waals surface area contributed by atoms with Crippen molar-refractivity contribution < 1.29 is 13.9 Å². The second-order valence-corrected chi connectivity index (χ2v) is 7.83. The maximum absolute atomic E-state index is 13.8. The molecule has 0 N–H and O–H groups in total. The van der Waals surface area contributed by atoms with E-state index in [1.54, 1.807) is 6.07 Å². The molecular weight excluding hydrogens is 353 g/mol. The molecule has 0 bridgehead atoms. The van der Waals surface area contributed by atoms with Crippen molar-refractivity contribution in [1.29, 1.82) is 0 Å². The second-order valence-electron chi connectivity index (χ2n) is 6.89. The molecule has 140 valence electrons. The first-order chi connectivity index (χ1) is 12.5. The molecule has 0 saturated heterocycles. The summed E-state index contributed by atoms with van der Waals surface area (Å²) < 4.78 is 20.9. The zero-order chi connectivity index (χ0) is 18.7. The van der Waals surface area contributed by atoms with Gasteiger partial charge in [-0.3, -0.25) is 4.79 Å². The summed E-state index contributed by atoms with van der Waals surface area (Å²) in [7, 11) is 1.40. The number of hydrogen-bond donors (Lipinski definition) is 0. The Kier molecular flexibility index (Phi) is 5.96. The number of methoxy groups -OCH3 is 1. The van der Waals surface area contributed by atoms with Gasteiger partial charge in [0, 0.05) is 11.6 Å². The number of Topliss-reactive ketones (excluding diaryl/α,β-unsaturated/α-hetero) is 1. The molecule has 2 aromatic rings. The minimum absolute atomic E-state index is 0.135. The average molecular weight is 377 g/mol. The summed E-state index contributed by atoms with van der Waals surface area (Å²) in [5.74, 6) is 1.24. The number of thioether (sulfide) groups is 1. The van der Waals surface area contributed by atoms with Crippen LogP contribution in [-0.2, 0) is 0 Å². The van der Waals surface area contributed by atoms with Crippen LogP contribution >= 0.6 is 11.8 Å². The van der Waals surface area contributed by atoms with Crippen LogP contribution in [0, 0.1) is 18.7 Å². The van der Waals surface area contributed by atoms with Crippen molar-refractivity contribution in [1.82, 2.24) is 14.8 Å². The quantitative estimate of drug-likeness (QED) is 0.549. The third-order valence-electron chi connectivity index (χ3n) is 4.91. The van der Waals surface area contributed by atoms with Gasteiger partial charge in [0.05, 0.1) is 12.9 Å². The SMILES string of the molecule is COc1ccc(C(=O)CSc2nnc(C)n2C2CCCC(C)C2)cc1F. The largest absolute Gasteiger partial charge is 0.494 e. The van der Waals surface area contributed by atoms with Gasteiger partial charge in [-0.25, -0.2) is 4.39 Å². The lowest BCUT2D eigenvalue weighted by molar-refractivity contribution is 0.102. The van der Waals surface area contributed by atoms with Crippen molar-refractivity contribution >= 4 is 17.5 Å². The van der Waals surface area contributed by atoms with Crippen molar-refractivity contribution in [2.24, 2.45) is 5.92 Å². The van der Waals surface area contributed by atoms with E-state index < -0.39 is 5.82 Å². The molecule has 3 rings (SSSR count). The van der Waals surface area contributed by atoms with Gasteiger partial charge < -0.3 is 9.30 Å². The van der Waals surface area contributed by atoms with E-state index in [4.69, 9.17) is 4.74 Å². The Balaban J connectivity index is 1.70. The smallest absolute Gasteiger partial charge is 0.191 e. The zero-order valence-electron chi connectivity index (χ0n) is 15.4. The average Bonchev–Trinajstić information content (AvgIpc) is 3.00. The summed E-state index contributed by atoms with van der Waals surface area (Å²) >= 11 is 1.37. The van der Waals surface area contributed by atoms with E-state index in [9.17, 15) is 9.18 Å². The number of aryl methyl sites for hydroxylation is 1. The van der Waals surface area contributed by atoms with E-state index in [1.807, 2.05) is 6.92 Å². The highest BCUT2D eigenvalue weighted by molar-refractivity contribution is 7.99. The predicted octanol–water partition coefficient (Wildman–Crippen LogP) is 4.46. The highest BCUT2D eigenvalue weighted by Gasteiger charge is 2.25. The first-order valence-corrected chi connectivity index (χ1v) is 9.89. The van der Waals surface area contributed by atoms with E-state index in [0.717, 1.165) is 23.8 Å². The third kappa shape index (κ3) is 4.09. The Bertz CT molecular complexity index is 793. The van der Waals surface area contributed by atoms with Crippen LogP contribution in [0.3, 0.4) is 0 Å². The number of ether oxygens (including phenoxy) is 1. The molecule has 1 heterocycles. The lowest BCUT2D eigenvalue weighted by Gasteiger charge is -2.29. The minimum atomic E-state index is -0.529. The molecule has 2 unspecified atom stereocenters. The monoisotopic (exact) mass is 377 g/mol. The molecule has 0 aliphatic heterocycles. The van der Waals surface area contributed by atoms with Crippen LogP contribution in [0.15, 0.2) is 23.4 Å². The third-order valence-corrected chi connectivity index (χ3v) is 5.86. The van der Waals surface area contributed by atoms with Crippen LogP contribution in [0.2, 0.25) is 0 Å². The molecule has 26 heavy (non-hydrogen) atoms. The Morgan fingerprint density at radius 2 is 2.19 bits per heavy atom. The van der Waals surface area contributed by atoms with E-state index >= 15 is 0 Å². The Morgan fingerprint density at radius 3 is 2.88 bits per heavy atom. The summed E-state index contributed by atoms with van der Waals surface area (Å²) in [6, 6.07) is 4.68. The molecule has 0 radical (unpaired) electrons. The van der Waals surface area contributed by atoms with Gasteiger partial charge in [0.25, 0.3) is 0 Å². The molecule has 1 aromatic carbocycles. The summed E-state index contributed by atoms with van der Waals surface area (Å²) in [4.78, 5) is 12.4. The van der Waals surface area contributed by atoms with Crippen LogP contribution in [0.5, 0.6) is 5.75 Å². The highest BCUT2D eigenvalue weighted by atomic mass is 32.2. The number of carbonyl (C=O) groups is 1. The molecule has 1 saturated carbocycles. The normalized spacial score (nSPS) is 20.2. The van der Waals surface area contributed by atoms with Crippen molar-refractivity contribution in [3.05, 3.63) is 35.4 Å². The molecular formula is C19H24FN3O2S. The van der Waals surface area contributed by atoms with Gasteiger partial charge in [-0.05, 0) is 43.9 Å². The first-order valence-electron chi connectivity index (χ1n) is 8.90. The lowest BCUT2D eigenvalue weighted by Crippen LogP contribution is -2.19. The highest BCUT2D eigenvalue weighted by Crippen LogP contribution is 2.35. The Labute approximate surface area is 157 Å². The molecule has 1 aliphatic carbocycles. The molecule has 1 aromatic heterocycles. The van der Waals surface area contributed by atoms with Crippen molar-refractivity contribution in [2.75, 3.05) is 12.9 Å². The van der Waals surface area contributed by atoms with Crippen LogP contribution in [0.4, 0.5) is 4.39 Å². The van der Waals surface area contributed by atoms with Crippen LogP contribution in [-0.4, -0.2) is 33.4 Å². The van der Waals surface area contributed by atoms with Gasteiger partial charge in [-0.1, -0.05) is 31.5 Å². The number of benzene rings is 1. The number of hydrogen-bond acceptors (Lipinski definition) is 5. The minimum Gasteiger partial charge on any atom is -0.494 e. The predicted molar refractivity (Wildman–Crippen MR) is 99.4 cm³/mol. The van der Waals surface area contributed by atoms with Gasteiger partial charge in [-0.2, -0.15) is 0 Å². The fourth-order valence-electron chi connectivity index (χ4n) is 3.56. The summed E-state index contributed by atoms with van der Waals surface area (Å²) in [6.07, 6.45) is 4.71. The van der Waals surface area contributed by atoms with Crippen LogP contribution in [0.25, 0.3) is 0 Å². The maximum atomic E-state index is 13.8. The van der Waals surface area contributed by atoms with Crippen LogP contribution in [0.1, 0.15) is 54.8 Å². The molecule has 1 aliphatic rings.